The predicted molar refractivity (Wildman–Crippen MR) is 83.4 cm³/mol. The van der Waals surface area contributed by atoms with E-state index < -0.39 is 29.2 Å². The van der Waals surface area contributed by atoms with Crippen molar-refractivity contribution < 1.29 is 19.1 Å². The number of ether oxygens (including phenoxy) is 1. The van der Waals surface area contributed by atoms with Gasteiger partial charge in [0.15, 0.2) is 5.71 Å². The Labute approximate surface area is 141 Å². The first-order valence-corrected chi connectivity index (χ1v) is 7.33. The minimum absolute atomic E-state index is 0.129. The number of rotatable bonds is 2. The van der Waals surface area contributed by atoms with E-state index in [-0.39, 0.29) is 16.4 Å². The monoisotopic (exact) mass is 355 g/mol. The van der Waals surface area contributed by atoms with Crippen LogP contribution in [-0.4, -0.2) is 36.1 Å². The standard InChI is InChI=1S/C14H11Cl2N3O4/c1-14-9(10(17-18-14)12(21)23-2)11(20)19(13(14)22)6-3-4-7(15)8(16)5-6/h3-5,9,18H,1-2H3/t9-,14+/m1/s1. The quantitative estimate of drug-likeness (QED) is 0.639. The van der Waals surface area contributed by atoms with Crippen LogP contribution in [0.5, 0.6) is 0 Å². The number of carbonyl (C=O) groups excluding carboxylic acids is 3. The summed E-state index contributed by atoms with van der Waals surface area (Å²) in [5.41, 5.74) is 1.39. The zero-order valence-electron chi connectivity index (χ0n) is 12.1. The summed E-state index contributed by atoms with van der Waals surface area (Å²) in [5.74, 6) is -2.93. The van der Waals surface area contributed by atoms with Crippen LogP contribution in [0.15, 0.2) is 23.3 Å². The van der Waals surface area contributed by atoms with Crippen LogP contribution >= 0.6 is 23.2 Å². The second kappa shape index (κ2) is 5.21. The van der Waals surface area contributed by atoms with E-state index in [1.807, 2.05) is 0 Å². The molecule has 1 N–H and O–H groups in total. The maximum Gasteiger partial charge on any atom is 0.355 e. The van der Waals surface area contributed by atoms with Gasteiger partial charge >= 0.3 is 5.97 Å². The normalized spacial score (nSPS) is 26.0. The number of halogens is 2. The topological polar surface area (TPSA) is 88.1 Å². The van der Waals surface area contributed by atoms with Crippen molar-refractivity contribution in [2.45, 2.75) is 12.5 Å². The molecule has 0 aromatic heterocycles. The Morgan fingerprint density at radius 1 is 1.35 bits per heavy atom. The van der Waals surface area contributed by atoms with Gasteiger partial charge in [-0.05, 0) is 25.1 Å². The number of esters is 1. The third-order valence-electron chi connectivity index (χ3n) is 3.93. The number of hydrogen-bond donors (Lipinski definition) is 1. The number of nitrogens with zero attached hydrogens (tertiary/aromatic N) is 2. The van der Waals surface area contributed by atoms with Gasteiger partial charge in [0.25, 0.3) is 5.91 Å². The third kappa shape index (κ3) is 2.11. The highest BCUT2D eigenvalue weighted by Crippen LogP contribution is 2.39. The van der Waals surface area contributed by atoms with Crippen LogP contribution in [0.1, 0.15) is 6.92 Å². The second-order valence-electron chi connectivity index (χ2n) is 5.31. The molecule has 2 aliphatic rings. The van der Waals surface area contributed by atoms with Gasteiger partial charge in [-0.2, -0.15) is 5.10 Å². The summed E-state index contributed by atoms with van der Waals surface area (Å²) < 4.78 is 4.62. The van der Waals surface area contributed by atoms with Crippen LogP contribution < -0.4 is 10.3 Å². The molecule has 2 aliphatic heterocycles. The summed E-state index contributed by atoms with van der Waals surface area (Å²) >= 11 is 11.8. The number of imide groups is 1. The van der Waals surface area contributed by atoms with Gasteiger partial charge < -0.3 is 4.74 Å². The van der Waals surface area contributed by atoms with Crippen LogP contribution in [0.4, 0.5) is 5.69 Å². The molecule has 1 saturated heterocycles. The van der Waals surface area contributed by atoms with Crippen LogP contribution in [-0.2, 0) is 19.1 Å². The molecule has 2 heterocycles. The minimum Gasteiger partial charge on any atom is -0.464 e. The first kappa shape index (κ1) is 15.8. The fourth-order valence-electron chi connectivity index (χ4n) is 2.71. The van der Waals surface area contributed by atoms with Crippen molar-refractivity contribution in [3.8, 4) is 0 Å². The van der Waals surface area contributed by atoms with E-state index in [9.17, 15) is 14.4 Å². The predicted octanol–water partition coefficient (Wildman–Crippen LogP) is 1.37. The second-order valence-corrected chi connectivity index (χ2v) is 6.13. The van der Waals surface area contributed by atoms with E-state index in [0.717, 1.165) is 4.90 Å². The fourth-order valence-corrected chi connectivity index (χ4v) is 3.00. The van der Waals surface area contributed by atoms with Crippen LogP contribution in [0.3, 0.4) is 0 Å². The van der Waals surface area contributed by atoms with Crippen LogP contribution in [0.25, 0.3) is 0 Å². The summed E-state index contributed by atoms with van der Waals surface area (Å²) in [5, 5.41) is 4.31. The molecule has 7 nitrogen and oxygen atoms in total. The molecule has 0 aliphatic carbocycles. The van der Waals surface area contributed by atoms with E-state index >= 15 is 0 Å². The van der Waals surface area contributed by atoms with E-state index in [2.05, 4.69) is 15.3 Å². The van der Waals surface area contributed by atoms with E-state index in [4.69, 9.17) is 23.2 Å². The van der Waals surface area contributed by atoms with Crippen molar-refractivity contribution in [1.29, 1.82) is 0 Å². The van der Waals surface area contributed by atoms with E-state index in [1.165, 1.54) is 32.2 Å². The largest absolute Gasteiger partial charge is 0.464 e. The van der Waals surface area contributed by atoms with Crippen molar-refractivity contribution in [3.05, 3.63) is 28.2 Å². The number of amides is 2. The average Bonchev–Trinajstić information content (AvgIpc) is 2.96. The smallest absolute Gasteiger partial charge is 0.355 e. The highest BCUT2D eigenvalue weighted by molar-refractivity contribution is 6.47. The molecule has 23 heavy (non-hydrogen) atoms. The van der Waals surface area contributed by atoms with Crippen LogP contribution in [0, 0.1) is 5.92 Å². The molecule has 0 unspecified atom stereocenters. The molecular formula is C14H11Cl2N3O4. The summed E-state index contributed by atoms with van der Waals surface area (Å²) in [7, 11) is 1.18. The van der Waals surface area contributed by atoms with Crippen molar-refractivity contribution >= 4 is 52.4 Å². The zero-order valence-corrected chi connectivity index (χ0v) is 13.6. The van der Waals surface area contributed by atoms with Crippen molar-refractivity contribution in [2.75, 3.05) is 12.0 Å². The minimum atomic E-state index is -1.34. The Balaban J connectivity index is 2.05. The van der Waals surface area contributed by atoms with Gasteiger partial charge in [0.05, 0.1) is 22.8 Å². The van der Waals surface area contributed by atoms with Crippen LogP contribution in [0.2, 0.25) is 10.0 Å². The van der Waals surface area contributed by atoms with Gasteiger partial charge in [-0.25, -0.2) is 9.69 Å². The molecule has 120 valence electrons. The van der Waals surface area contributed by atoms with Gasteiger partial charge in [-0.15, -0.1) is 0 Å². The summed E-state index contributed by atoms with van der Waals surface area (Å²) in [6, 6.07) is 4.40. The Morgan fingerprint density at radius 2 is 2.04 bits per heavy atom. The maximum atomic E-state index is 12.7. The highest BCUT2D eigenvalue weighted by atomic mass is 35.5. The molecule has 0 spiro atoms. The lowest BCUT2D eigenvalue weighted by atomic mass is 9.86. The van der Waals surface area contributed by atoms with Crippen molar-refractivity contribution in [1.82, 2.24) is 5.43 Å². The Hall–Kier alpha value is -2.12. The molecular weight excluding hydrogens is 345 g/mol. The van der Waals surface area contributed by atoms with Crippen molar-refractivity contribution in [3.63, 3.8) is 0 Å². The number of methoxy groups -OCH3 is 1. The molecule has 2 amide bonds. The Morgan fingerprint density at radius 3 is 2.65 bits per heavy atom. The lowest BCUT2D eigenvalue weighted by Crippen LogP contribution is -2.48. The number of hydrogen-bond acceptors (Lipinski definition) is 6. The van der Waals surface area contributed by atoms with E-state index in [1.54, 1.807) is 0 Å². The third-order valence-corrected chi connectivity index (χ3v) is 4.67. The summed E-state index contributed by atoms with van der Waals surface area (Å²) in [6.07, 6.45) is 0. The fraction of sp³-hybridized carbons (Fsp3) is 0.286. The van der Waals surface area contributed by atoms with Crippen molar-refractivity contribution in [2.24, 2.45) is 11.0 Å². The molecule has 2 atom stereocenters. The molecule has 1 fully saturated rings. The first-order chi connectivity index (χ1) is 10.8. The number of fused-ring (bicyclic) bond motifs is 1. The van der Waals surface area contributed by atoms with E-state index in [0.29, 0.717) is 5.02 Å². The van der Waals surface area contributed by atoms with Gasteiger partial charge in [0.1, 0.15) is 11.5 Å². The number of carbonyl (C=O) groups is 3. The molecule has 0 bridgehead atoms. The SMILES string of the molecule is COC(=O)C1=NN[C@]2(C)C(=O)N(c3ccc(Cl)c(Cl)c3)C(=O)[C@@H]12. The molecule has 1 aromatic rings. The number of anilines is 1. The summed E-state index contributed by atoms with van der Waals surface area (Å²) in [6.45, 7) is 1.51. The lowest BCUT2D eigenvalue weighted by molar-refractivity contribution is -0.133. The molecule has 9 heteroatoms. The van der Waals surface area contributed by atoms with Gasteiger partial charge in [-0.3, -0.25) is 15.0 Å². The zero-order chi connectivity index (χ0) is 16.9. The average molecular weight is 356 g/mol. The molecule has 1 aromatic carbocycles. The Kier molecular flexibility index (Phi) is 3.57. The maximum absolute atomic E-state index is 12.7. The number of benzene rings is 1. The first-order valence-electron chi connectivity index (χ1n) is 6.57. The molecule has 3 rings (SSSR count). The molecule has 0 saturated carbocycles. The van der Waals surface area contributed by atoms with Gasteiger partial charge in [-0.1, -0.05) is 23.2 Å². The number of hydrazone groups is 1. The molecule has 0 radical (unpaired) electrons. The van der Waals surface area contributed by atoms with Gasteiger partial charge in [0, 0.05) is 0 Å². The highest BCUT2D eigenvalue weighted by Gasteiger charge is 2.63. The summed E-state index contributed by atoms with van der Waals surface area (Å²) in [4.78, 5) is 38.2. The number of nitrogens with one attached hydrogen (secondary N) is 1. The van der Waals surface area contributed by atoms with Gasteiger partial charge in [0.2, 0.25) is 5.91 Å². The lowest BCUT2D eigenvalue weighted by Gasteiger charge is -2.20. The Bertz CT molecular complexity index is 779.